The molecule has 8 nitrogen and oxygen atoms in total. The zero-order chi connectivity index (χ0) is 18.6. The summed E-state index contributed by atoms with van der Waals surface area (Å²) in [6, 6.07) is 6.07. The highest BCUT2D eigenvalue weighted by atomic mass is 32.1. The predicted molar refractivity (Wildman–Crippen MR) is 108 cm³/mol. The third-order valence-corrected chi connectivity index (χ3v) is 5.62. The van der Waals surface area contributed by atoms with Crippen LogP contribution in [0.3, 0.4) is 0 Å². The van der Waals surface area contributed by atoms with Gasteiger partial charge in [-0.15, -0.1) is 5.10 Å². The maximum Gasteiger partial charge on any atom is 0.226 e. The first-order valence-corrected chi connectivity index (χ1v) is 10.1. The summed E-state index contributed by atoms with van der Waals surface area (Å²) >= 11 is 5.71. The summed E-state index contributed by atoms with van der Waals surface area (Å²) < 4.78 is 10.4. The van der Waals surface area contributed by atoms with Gasteiger partial charge in [0, 0.05) is 52.0 Å². The van der Waals surface area contributed by atoms with E-state index in [0.717, 1.165) is 82.2 Å². The van der Waals surface area contributed by atoms with Crippen molar-refractivity contribution in [3.05, 3.63) is 29.2 Å². The maximum atomic E-state index is 5.71. The minimum atomic E-state index is 0.735. The Morgan fingerprint density at radius 3 is 2.48 bits per heavy atom. The van der Waals surface area contributed by atoms with Crippen molar-refractivity contribution < 1.29 is 4.74 Å². The molecule has 0 radical (unpaired) electrons. The van der Waals surface area contributed by atoms with Crippen LogP contribution in [-0.4, -0.2) is 76.7 Å². The fraction of sp³-hybridized carbons (Fsp3) is 0.611. The Kier molecular flexibility index (Phi) is 5.70. The molecule has 4 rings (SSSR count). The van der Waals surface area contributed by atoms with E-state index in [2.05, 4.69) is 37.2 Å². The van der Waals surface area contributed by atoms with E-state index in [1.54, 1.807) is 0 Å². The monoisotopic (exact) mass is 389 g/mol. The molecule has 27 heavy (non-hydrogen) atoms. The van der Waals surface area contributed by atoms with Gasteiger partial charge in [-0.05, 0) is 31.3 Å². The van der Waals surface area contributed by atoms with Crippen molar-refractivity contribution in [3.63, 3.8) is 0 Å². The van der Waals surface area contributed by atoms with Gasteiger partial charge in [-0.1, -0.05) is 6.07 Å². The molecule has 0 unspecified atom stereocenters. The van der Waals surface area contributed by atoms with E-state index in [4.69, 9.17) is 22.1 Å². The lowest BCUT2D eigenvalue weighted by Crippen LogP contribution is -2.47. The van der Waals surface area contributed by atoms with E-state index in [1.165, 1.54) is 0 Å². The molecule has 0 spiro atoms. The van der Waals surface area contributed by atoms with Crippen LogP contribution in [0, 0.1) is 4.77 Å². The SMILES string of the molecule is CCn1c(N2CCOCC2)nn(CN2CCN(c3ccccn3)CC2)c1=S. The summed E-state index contributed by atoms with van der Waals surface area (Å²) in [4.78, 5) is 11.5. The van der Waals surface area contributed by atoms with E-state index >= 15 is 0 Å². The predicted octanol–water partition coefficient (Wildman–Crippen LogP) is 1.45. The van der Waals surface area contributed by atoms with E-state index in [9.17, 15) is 0 Å². The van der Waals surface area contributed by atoms with Crippen LogP contribution in [0.2, 0.25) is 0 Å². The number of piperazine rings is 1. The Hall–Kier alpha value is -1.97. The van der Waals surface area contributed by atoms with Crippen molar-refractivity contribution >= 4 is 24.0 Å². The van der Waals surface area contributed by atoms with Gasteiger partial charge in [0.1, 0.15) is 5.82 Å². The zero-order valence-electron chi connectivity index (χ0n) is 15.8. The van der Waals surface area contributed by atoms with Crippen LogP contribution in [0.15, 0.2) is 24.4 Å². The molecule has 2 saturated heterocycles. The largest absolute Gasteiger partial charge is 0.378 e. The Bertz CT molecular complexity index is 792. The Balaban J connectivity index is 1.42. The van der Waals surface area contributed by atoms with Crippen LogP contribution < -0.4 is 9.80 Å². The molecule has 146 valence electrons. The summed E-state index contributed by atoms with van der Waals surface area (Å²) in [7, 11) is 0. The minimum Gasteiger partial charge on any atom is -0.378 e. The first-order valence-electron chi connectivity index (χ1n) is 9.65. The number of ether oxygens (including phenoxy) is 1. The summed E-state index contributed by atoms with van der Waals surface area (Å²) in [6.07, 6.45) is 1.85. The lowest BCUT2D eigenvalue weighted by molar-refractivity contribution is 0.121. The number of aromatic nitrogens is 4. The molecule has 0 atom stereocenters. The van der Waals surface area contributed by atoms with Crippen LogP contribution in [0.5, 0.6) is 0 Å². The quantitative estimate of drug-likeness (QED) is 0.718. The molecule has 0 saturated carbocycles. The van der Waals surface area contributed by atoms with Gasteiger partial charge >= 0.3 is 0 Å². The summed E-state index contributed by atoms with van der Waals surface area (Å²) in [5.41, 5.74) is 0. The van der Waals surface area contributed by atoms with Gasteiger partial charge in [-0.2, -0.15) is 0 Å². The van der Waals surface area contributed by atoms with Gasteiger partial charge in [-0.25, -0.2) is 9.67 Å². The normalized spacial score (nSPS) is 18.9. The average molecular weight is 390 g/mol. The average Bonchev–Trinajstić information content (AvgIpc) is 3.05. The van der Waals surface area contributed by atoms with E-state index in [-0.39, 0.29) is 0 Å². The third kappa shape index (κ3) is 3.99. The molecule has 2 aromatic rings. The van der Waals surface area contributed by atoms with Crippen LogP contribution in [0.25, 0.3) is 0 Å². The Morgan fingerprint density at radius 1 is 1.04 bits per heavy atom. The number of anilines is 2. The number of hydrogen-bond acceptors (Lipinski definition) is 7. The molecule has 0 aromatic carbocycles. The highest BCUT2D eigenvalue weighted by molar-refractivity contribution is 7.71. The fourth-order valence-electron chi connectivity index (χ4n) is 3.64. The summed E-state index contributed by atoms with van der Waals surface area (Å²) in [5, 5.41) is 4.85. The molecule has 0 amide bonds. The molecular formula is C18H27N7OS. The van der Waals surface area contributed by atoms with Gasteiger partial charge in [0.05, 0.1) is 19.9 Å². The molecule has 0 bridgehead atoms. The molecule has 9 heteroatoms. The lowest BCUT2D eigenvalue weighted by atomic mass is 10.3. The van der Waals surface area contributed by atoms with Crippen molar-refractivity contribution in [2.75, 3.05) is 62.3 Å². The second-order valence-corrected chi connectivity index (χ2v) is 7.23. The third-order valence-electron chi connectivity index (χ3n) is 5.19. The van der Waals surface area contributed by atoms with Gasteiger partial charge in [0.2, 0.25) is 10.7 Å². The topological polar surface area (TPSA) is 54.6 Å². The first kappa shape index (κ1) is 18.4. The van der Waals surface area contributed by atoms with Gasteiger partial charge in [-0.3, -0.25) is 9.47 Å². The molecular weight excluding hydrogens is 362 g/mol. The number of rotatable bonds is 5. The summed E-state index contributed by atoms with van der Waals surface area (Å²) in [6.45, 7) is 10.8. The Morgan fingerprint density at radius 2 is 1.81 bits per heavy atom. The van der Waals surface area contributed by atoms with Gasteiger partial charge in [0.15, 0.2) is 0 Å². The second-order valence-electron chi connectivity index (χ2n) is 6.86. The van der Waals surface area contributed by atoms with E-state index in [1.807, 2.05) is 23.0 Å². The van der Waals surface area contributed by atoms with Crippen molar-refractivity contribution in [1.29, 1.82) is 0 Å². The highest BCUT2D eigenvalue weighted by Gasteiger charge is 2.22. The minimum absolute atomic E-state index is 0.735. The van der Waals surface area contributed by atoms with Crippen molar-refractivity contribution in [2.45, 2.75) is 20.1 Å². The smallest absolute Gasteiger partial charge is 0.226 e. The van der Waals surface area contributed by atoms with Crippen molar-refractivity contribution in [3.8, 4) is 0 Å². The fourth-order valence-corrected chi connectivity index (χ4v) is 3.95. The lowest BCUT2D eigenvalue weighted by Gasteiger charge is -2.35. The number of nitrogens with zero attached hydrogens (tertiary/aromatic N) is 7. The highest BCUT2D eigenvalue weighted by Crippen LogP contribution is 2.17. The standard InChI is InChI=1S/C18H27N7OS/c1-2-24-17(23-11-13-26-14-12-23)20-25(18(24)27)15-21-7-9-22(10-8-21)16-5-3-4-6-19-16/h3-6H,2,7-15H2,1H3. The van der Waals surface area contributed by atoms with Crippen molar-refractivity contribution in [2.24, 2.45) is 0 Å². The van der Waals surface area contributed by atoms with Crippen LogP contribution >= 0.6 is 12.2 Å². The van der Waals surface area contributed by atoms with E-state index < -0.39 is 0 Å². The molecule has 2 aliphatic rings. The van der Waals surface area contributed by atoms with E-state index in [0.29, 0.717) is 0 Å². The van der Waals surface area contributed by atoms with Crippen LogP contribution in [0.4, 0.5) is 11.8 Å². The molecule has 2 fully saturated rings. The van der Waals surface area contributed by atoms with Gasteiger partial charge in [0.25, 0.3) is 0 Å². The molecule has 2 aromatic heterocycles. The second kappa shape index (κ2) is 8.37. The Labute approximate surface area is 164 Å². The number of pyridine rings is 1. The molecule has 2 aliphatic heterocycles. The molecule has 0 aliphatic carbocycles. The summed E-state index contributed by atoms with van der Waals surface area (Å²) in [5.74, 6) is 2.02. The molecule has 4 heterocycles. The molecule has 0 N–H and O–H groups in total. The number of hydrogen-bond donors (Lipinski definition) is 0. The van der Waals surface area contributed by atoms with Crippen LogP contribution in [0.1, 0.15) is 6.92 Å². The zero-order valence-corrected chi connectivity index (χ0v) is 16.6. The van der Waals surface area contributed by atoms with Crippen LogP contribution in [-0.2, 0) is 18.0 Å². The van der Waals surface area contributed by atoms with Gasteiger partial charge < -0.3 is 14.5 Å². The van der Waals surface area contributed by atoms with Crippen molar-refractivity contribution in [1.82, 2.24) is 24.2 Å². The number of morpholine rings is 1. The first-order chi connectivity index (χ1) is 13.3. The maximum absolute atomic E-state index is 5.71.